The fourth-order valence-corrected chi connectivity index (χ4v) is 4.24. The molecule has 0 spiro atoms. The lowest BCUT2D eigenvalue weighted by atomic mass is 10.0. The molecule has 0 radical (unpaired) electrons. The molecule has 0 aromatic carbocycles. The molecule has 3 aliphatic rings. The van der Waals surface area contributed by atoms with Crippen LogP contribution in [0.3, 0.4) is 0 Å². The van der Waals surface area contributed by atoms with Gasteiger partial charge in [-0.2, -0.15) is 0 Å². The summed E-state index contributed by atoms with van der Waals surface area (Å²) >= 11 is 0. The Hall–Kier alpha value is -2.02. The molecule has 4 heterocycles. The molecule has 2 aromatic rings. The van der Waals surface area contributed by atoms with Gasteiger partial charge in [0.05, 0.1) is 5.69 Å². The number of nitrogens with zero attached hydrogens (tertiary/aromatic N) is 7. The summed E-state index contributed by atoms with van der Waals surface area (Å²) in [4.78, 5) is 14.0. The largest absolute Gasteiger partial charge is 0.356 e. The lowest BCUT2D eigenvalue weighted by Gasteiger charge is -2.22. The topological polar surface area (TPSA) is 63.0 Å². The quantitative estimate of drug-likeness (QED) is 0.837. The summed E-state index contributed by atoms with van der Waals surface area (Å²) in [5.74, 6) is 3.29. The van der Waals surface area contributed by atoms with Gasteiger partial charge in [0.15, 0.2) is 0 Å². The molecule has 2 aliphatic heterocycles. The number of rotatable bonds is 4. The molecule has 2 aromatic heterocycles. The summed E-state index contributed by atoms with van der Waals surface area (Å²) in [7, 11) is 1.92. The zero-order chi connectivity index (χ0) is 16.1. The highest BCUT2D eigenvalue weighted by molar-refractivity contribution is 5.42. The van der Waals surface area contributed by atoms with Crippen molar-refractivity contribution in [2.45, 2.75) is 25.3 Å². The van der Waals surface area contributed by atoms with Gasteiger partial charge in [-0.3, -0.25) is 9.58 Å². The molecule has 0 N–H and O–H groups in total. The maximum atomic E-state index is 4.53. The highest BCUT2D eigenvalue weighted by Crippen LogP contribution is 2.40. The number of fused-ring (bicyclic) bond motifs is 1. The molecule has 1 aliphatic carbocycles. The minimum atomic E-state index is 0.691. The van der Waals surface area contributed by atoms with Crippen LogP contribution in [0.5, 0.6) is 0 Å². The van der Waals surface area contributed by atoms with Gasteiger partial charge in [-0.25, -0.2) is 9.97 Å². The first-order valence-electron chi connectivity index (χ1n) is 8.89. The van der Waals surface area contributed by atoms with Crippen molar-refractivity contribution in [2.24, 2.45) is 18.9 Å². The van der Waals surface area contributed by atoms with E-state index in [1.54, 1.807) is 11.0 Å². The van der Waals surface area contributed by atoms with Crippen molar-refractivity contribution < 1.29 is 0 Å². The molecule has 2 atom stereocenters. The molecule has 7 nitrogen and oxygen atoms in total. The molecular formula is C17H23N7. The van der Waals surface area contributed by atoms with E-state index < -0.39 is 0 Å². The predicted molar refractivity (Wildman–Crippen MR) is 89.5 cm³/mol. The second kappa shape index (κ2) is 5.51. The number of aromatic nitrogens is 5. The SMILES string of the molecule is Cn1cc(CN2CC3CN(c4cc(C5CC5)ncn4)CC3C2)nn1. The molecule has 2 saturated heterocycles. The number of likely N-dealkylation sites (tertiary alicyclic amines) is 1. The third kappa shape index (κ3) is 2.66. The second-order valence-corrected chi connectivity index (χ2v) is 7.58. The van der Waals surface area contributed by atoms with Crippen molar-refractivity contribution in [3.63, 3.8) is 0 Å². The molecule has 1 saturated carbocycles. The van der Waals surface area contributed by atoms with E-state index in [4.69, 9.17) is 0 Å². The molecular weight excluding hydrogens is 302 g/mol. The molecule has 0 bridgehead atoms. The van der Waals surface area contributed by atoms with E-state index in [1.165, 1.54) is 18.5 Å². The third-order valence-electron chi connectivity index (χ3n) is 5.59. The lowest BCUT2D eigenvalue weighted by Crippen LogP contribution is -2.29. The Kier molecular flexibility index (Phi) is 3.29. The van der Waals surface area contributed by atoms with Gasteiger partial charge in [-0.1, -0.05) is 5.21 Å². The normalized spacial score (nSPS) is 27.0. The van der Waals surface area contributed by atoms with Gasteiger partial charge in [0.25, 0.3) is 0 Å². The Morgan fingerprint density at radius 2 is 1.88 bits per heavy atom. The van der Waals surface area contributed by atoms with Crippen LogP contribution in [-0.2, 0) is 13.6 Å². The lowest BCUT2D eigenvalue weighted by molar-refractivity contribution is 0.305. The predicted octanol–water partition coefficient (Wildman–Crippen LogP) is 1.05. The molecule has 2 unspecified atom stereocenters. The fourth-order valence-electron chi connectivity index (χ4n) is 4.24. The average molecular weight is 325 g/mol. The number of anilines is 1. The Morgan fingerprint density at radius 3 is 2.54 bits per heavy atom. The van der Waals surface area contributed by atoms with Crippen LogP contribution in [0.15, 0.2) is 18.6 Å². The van der Waals surface area contributed by atoms with E-state index in [-0.39, 0.29) is 0 Å². The molecule has 24 heavy (non-hydrogen) atoms. The van der Waals surface area contributed by atoms with Gasteiger partial charge in [0, 0.05) is 63.6 Å². The fraction of sp³-hybridized carbons (Fsp3) is 0.647. The van der Waals surface area contributed by atoms with Crippen molar-refractivity contribution in [3.8, 4) is 0 Å². The average Bonchev–Trinajstić information content (AvgIpc) is 3.09. The van der Waals surface area contributed by atoms with Crippen molar-refractivity contribution in [1.82, 2.24) is 29.9 Å². The minimum absolute atomic E-state index is 0.691. The van der Waals surface area contributed by atoms with E-state index in [0.29, 0.717) is 5.92 Å². The van der Waals surface area contributed by atoms with Crippen molar-refractivity contribution in [2.75, 3.05) is 31.1 Å². The summed E-state index contributed by atoms with van der Waals surface area (Å²) in [6.07, 6.45) is 6.34. The van der Waals surface area contributed by atoms with Gasteiger partial charge in [-0.15, -0.1) is 5.10 Å². The van der Waals surface area contributed by atoms with Crippen LogP contribution >= 0.6 is 0 Å². The van der Waals surface area contributed by atoms with E-state index in [1.807, 2.05) is 13.2 Å². The van der Waals surface area contributed by atoms with E-state index in [2.05, 4.69) is 36.1 Å². The summed E-state index contributed by atoms with van der Waals surface area (Å²) < 4.78 is 1.78. The summed E-state index contributed by atoms with van der Waals surface area (Å²) in [5.41, 5.74) is 2.31. The van der Waals surface area contributed by atoms with Crippen LogP contribution in [0, 0.1) is 11.8 Å². The van der Waals surface area contributed by atoms with Crippen LogP contribution in [0.4, 0.5) is 5.82 Å². The first kappa shape index (κ1) is 14.3. The zero-order valence-corrected chi connectivity index (χ0v) is 14.0. The summed E-state index contributed by atoms with van der Waals surface area (Å²) in [5, 5.41) is 8.24. The van der Waals surface area contributed by atoms with Crippen LogP contribution in [-0.4, -0.2) is 56.0 Å². The second-order valence-electron chi connectivity index (χ2n) is 7.58. The molecule has 0 amide bonds. The maximum absolute atomic E-state index is 4.53. The van der Waals surface area contributed by atoms with E-state index in [0.717, 1.165) is 56.1 Å². The Labute approximate surface area is 141 Å². The number of hydrogen-bond acceptors (Lipinski definition) is 6. The van der Waals surface area contributed by atoms with Gasteiger partial charge in [-0.05, 0) is 24.7 Å². The minimum Gasteiger partial charge on any atom is -0.356 e. The summed E-state index contributed by atoms with van der Waals surface area (Å²) in [6, 6.07) is 2.22. The molecule has 126 valence electrons. The maximum Gasteiger partial charge on any atom is 0.132 e. The van der Waals surface area contributed by atoms with Gasteiger partial charge >= 0.3 is 0 Å². The first-order valence-corrected chi connectivity index (χ1v) is 8.89. The Bertz CT molecular complexity index is 724. The first-order chi connectivity index (χ1) is 11.7. The molecule has 5 rings (SSSR count). The van der Waals surface area contributed by atoms with Gasteiger partial charge in [0.2, 0.25) is 0 Å². The Morgan fingerprint density at radius 1 is 1.08 bits per heavy atom. The van der Waals surface area contributed by atoms with E-state index in [9.17, 15) is 0 Å². The highest BCUT2D eigenvalue weighted by Gasteiger charge is 2.40. The zero-order valence-electron chi connectivity index (χ0n) is 14.0. The van der Waals surface area contributed by atoms with Gasteiger partial charge in [0.1, 0.15) is 12.1 Å². The van der Waals surface area contributed by atoms with Crippen LogP contribution in [0.2, 0.25) is 0 Å². The van der Waals surface area contributed by atoms with Crippen LogP contribution in [0.25, 0.3) is 0 Å². The monoisotopic (exact) mass is 325 g/mol. The summed E-state index contributed by atoms with van der Waals surface area (Å²) in [6.45, 7) is 5.45. The van der Waals surface area contributed by atoms with Crippen molar-refractivity contribution in [1.29, 1.82) is 0 Å². The Balaban J connectivity index is 1.22. The van der Waals surface area contributed by atoms with E-state index >= 15 is 0 Å². The van der Waals surface area contributed by atoms with Gasteiger partial charge < -0.3 is 4.90 Å². The van der Waals surface area contributed by atoms with Crippen molar-refractivity contribution >= 4 is 5.82 Å². The number of hydrogen-bond donors (Lipinski definition) is 0. The standard InChI is InChI=1S/C17H23N7/c1-22-9-15(20-21-22)10-23-5-13-7-24(8-14(13)6-23)17-4-16(12-2-3-12)18-11-19-17/h4,9,11-14H,2-3,5-8,10H2,1H3. The van der Waals surface area contributed by atoms with Crippen molar-refractivity contribution in [3.05, 3.63) is 30.0 Å². The van der Waals surface area contributed by atoms with Crippen LogP contribution < -0.4 is 4.90 Å². The molecule has 3 fully saturated rings. The third-order valence-corrected chi connectivity index (χ3v) is 5.59. The van der Waals surface area contributed by atoms with Crippen LogP contribution in [0.1, 0.15) is 30.1 Å². The number of aryl methyl sites for hydroxylation is 1. The highest BCUT2D eigenvalue weighted by atomic mass is 15.4. The molecule has 7 heteroatoms. The smallest absolute Gasteiger partial charge is 0.132 e.